The fraction of sp³-hybridized carbons (Fsp3) is 0.385. The van der Waals surface area contributed by atoms with Gasteiger partial charge in [0.1, 0.15) is 6.10 Å². The Morgan fingerprint density at radius 1 is 1.50 bits per heavy atom. The molecule has 108 valence electrons. The van der Waals surface area contributed by atoms with Crippen LogP contribution in [0.15, 0.2) is 18.2 Å². The number of anilines is 1. The summed E-state index contributed by atoms with van der Waals surface area (Å²) >= 11 is 5.89. The zero-order chi connectivity index (χ0) is 14.5. The van der Waals surface area contributed by atoms with E-state index in [4.69, 9.17) is 16.3 Å². The van der Waals surface area contributed by atoms with Crippen LogP contribution < -0.4 is 10.6 Å². The number of ether oxygens (including phenoxy) is 2. The van der Waals surface area contributed by atoms with Gasteiger partial charge in [-0.15, -0.1) is 0 Å². The van der Waals surface area contributed by atoms with Gasteiger partial charge in [0, 0.05) is 18.1 Å². The van der Waals surface area contributed by atoms with Crippen molar-refractivity contribution in [2.24, 2.45) is 0 Å². The molecular weight excluding hydrogens is 284 g/mol. The molecule has 1 heterocycles. The van der Waals surface area contributed by atoms with Gasteiger partial charge >= 0.3 is 5.97 Å². The molecule has 20 heavy (non-hydrogen) atoms. The summed E-state index contributed by atoms with van der Waals surface area (Å²) < 4.78 is 10.0. The summed E-state index contributed by atoms with van der Waals surface area (Å²) in [6.45, 7) is 1.62. The van der Waals surface area contributed by atoms with E-state index < -0.39 is 12.1 Å². The van der Waals surface area contributed by atoms with Gasteiger partial charge in [0.25, 0.3) is 5.91 Å². The molecule has 1 fully saturated rings. The Hall–Kier alpha value is -1.63. The number of amides is 1. The standard InChI is InChI=1S/C13H15ClN2O4/c1-19-13(18)9-3-2-8(14)6-10(9)16-12(17)11-7-15-4-5-20-11/h2-3,6,11,15H,4-5,7H2,1H3,(H,16,17). The van der Waals surface area contributed by atoms with Crippen molar-refractivity contribution >= 4 is 29.2 Å². The summed E-state index contributed by atoms with van der Waals surface area (Å²) in [5.41, 5.74) is 0.553. The van der Waals surface area contributed by atoms with E-state index in [0.29, 0.717) is 30.4 Å². The number of methoxy groups -OCH3 is 1. The van der Waals surface area contributed by atoms with Crippen LogP contribution in [0.2, 0.25) is 5.02 Å². The second-order valence-corrected chi connectivity index (χ2v) is 4.67. The molecular formula is C13H15ClN2O4. The molecule has 1 amide bonds. The zero-order valence-electron chi connectivity index (χ0n) is 10.9. The molecule has 1 saturated heterocycles. The number of hydrogen-bond donors (Lipinski definition) is 2. The molecule has 6 nitrogen and oxygen atoms in total. The van der Waals surface area contributed by atoms with Crippen LogP contribution in [0.25, 0.3) is 0 Å². The van der Waals surface area contributed by atoms with Gasteiger partial charge in [-0.2, -0.15) is 0 Å². The monoisotopic (exact) mass is 298 g/mol. The number of nitrogens with one attached hydrogen (secondary N) is 2. The van der Waals surface area contributed by atoms with Gasteiger partial charge < -0.3 is 20.1 Å². The normalized spacial score (nSPS) is 18.4. The zero-order valence-corrected chi connectivity index (χ0v) is 11.7. The highest BCUT2D eigenvalue weighted by Crippen LogP contribution is 2.22. The van der Waals surface area contributed by atoms with Crippen molar-refractivity contribution in [3.05, 3.63) is 28.8 Å². The Morgan fingerprint density at radius 2 is 2.30 bits per heavy atom. The first kappa shape index (κ1) is 14.8. The Balaban J connectivity index is 2.16. The fourth-order valence-electron chi connectivity index (χ4n) is 1.85. The summed E-state index contributed by atoms with van der Waals surface area (Å²) in [5, 5.41) is 6.12. The number of morpholine rings is 1. The third kappa shape index (κ3) is 3.47. The molecule has 1 atom stereocenters. The minimum Gasteiger partial charge on any atom is -0.465 e. The van der Waals surface area contributed by atoms with Crippen molar-refractivity contribution in [2.45, 2.75) is 6.10 Å². The van der Waals surface area contributed by atoms with Gasteiger partial charge in [-0.3, -0.25) is 4.79 Å². The molecule has 0 aromatic heterocycles. The second kappa shape index (κ2) is 6.69. The number of halogens is 1. The van der Waals surface area contributed by atoms with Crippen LogP contribution >= 0.6 is 11.6 Å². The fourth-order valence-corrected chi connectivity index (χ4v) is 2.03. The SMILES string of the molecule is COC(=O)c1ccc(Cl)cc1NC(=O)C1CNCCO1. The predicted molar refractivity (Wildman–Crippen MR) is 74.0 cm³/mol. The molecule has 1 unspecified atom stereocenters. The molecule has 0 radical (unpaired) electrons. The summed E-state index contributed by atoms with van der Waals surface area (Å²) in [4.78, 5) is 23.7. The first-order valence-electron chi connectivity index (χ1n) is 6.13. The van der Waals surface area contributed by atoms with E-state index in [1.165, 1.54) is 19.2 Å². The molecule has 7 heteroatoms. The van der Waals surface area contributed by atoms with Crippen molar-refractivity contribution in [1.82, 2.24) is 5.32 Å². The molecule has 0 saturated carbocycles. The maximum atomic E-state index is 12.1. The maximum Gasteiger partial charge on any atom is 0.339 e. The van der Waals surface area contributed by atoms with Gasteiger partial charge in [-0.05, 0) is 18.2 Å². The summed E-state index contributed by atoms with van der Waals surface area (Å²) in [5.74, 6) is -0.871. The van der Waals surface area contributed by atoms with Crippen LogP contribution in [0.1, 0.15) is 10.4 Å². The average molecular weight is 299 g/mol. The van der Waals surface area contributed by atoms with Crippen LogP contribution in [0.5, 0.6) is 0 Å². The second-order valence-electron chi connectivity index (χ2n) is 4.23. The lowest BCUT2D eigenvalue weighted by Gasteiger charge is -2.23. The lowest BCUT2D eigenvalue weighted by Crippen LogP contribution is -2.45. The van der Waals surface area contributed by atoms with E-state index in [1.807, 2.05) is 0 Å². The maximum absolute atomic E-state index is 12.1. The van der Waals surface area contributed by atoms with E-state index in [1.54, 1.807) is 6.07 Å². The molecule has 1 aromatic rings. The lowest BCUT2D eigenvalue weighted by molar-refractivity contribution is -0.128. The molecule has 1 aliphatic heterocycles. The molecule has 2 rings (SSSR count). The highest BCUT2D eigenvalue weighted by molar-refractivity contribution is 6.31. The van der Waals surface area contributed by atoms with Crippen molar-refractivity contribution in [3.63, 3.8) is 0 Å². The summed E-state index contributed by atoms with van der Waals surface area (Å²) in [6, 6.07) is 4.56. The highest BCUT2D eigenvalue weighted by atomic mass is 35.5. The van der Waals surface area contributed by atoms with E-state index in [-0.39, 0.29) is 11.5 Å². The third-order valence-electron chi connectivity index (χ3n) is 2.86. The van der Waals surface area contributed by atoms with E-state index in [2.05, 4.69) is 15.4 Å². The first-order chi connectivity index (χ1) is 9.61. The van der Waals surface area contributed by atoms with Gasteiger partial charge in [-0.25, -0.2) is 4.79 Å². The van der Waals surface area contributed by atoms with Gasteiger partial charge in [0.15, 0.2) is 0 Å². The van der Waals surface area contributed by atoms with Gasteiger partial charge in [0.05, 0.1) is 25.0 Å². The summed E-state index contributed by atoms with van der Waals surface area (Å²) in [7, 11) is 1.27. The summed E-state index contributed by atoms with van der Waals surface area (Å²) in [6.07, 6.45) is -0.590. The Morgan fingerprint density at radius 3 is 2.95 bits per heavy atom. The predicted octanol–water partition coefficient (Wildman–Crippen LogP) is 1.05. The number of hydrogen-bond acceptors (Lipinski definition) is 5. The van der Waals surface area contributed by atoms with E-state index in [9.17, 15) is 9.59 Å². The highest BCUT2D eigenvalue weighted by Gasteiger charge is 2.23. The van der Waals surface area contributed by atoms with Crippen LogP contribution in [-0.4, -0.2) is 44.8 Å². The van der Waals surface area contributed by atoms with E-state index >= 15 is 0 Å². The lowest BCUT2D eigenvalue weighted by atomic mass is 10.1. The van der Waals surface area contributed by atoms with Crippen LogP contribution in [0, 0.1) is 0 Å². The van der Waals surface area contributed by atoms with Crippen LogP contribution in [-0.2, 0) is 14.3 Å². The molecule has 1 aromatic carbocycles. The Labute approximate surface area is 121 Å². The molecule has 0 bridgehead atoms. The Bertz CT molecular complexity index is 515. The average Bonchev–Trinajstić information content (AvgIpc) is 2.47. The third-order valence-corrected chi connectivity index (χ3v) is 3.10. The van der Waals surface area contributed by atoms with Gasteiger partial charge in [0.2, 0.25) is 0 Å². The number of benzene rings is 1. The molecule has 0 spiro atoms. The molecule has 2 N–H and O–H groups in total. The van der Waals surface area contributed by atoms with Crippen molar-refractivity contribution in [3.8, 4) is 0 Å². The van der Waals surface area contributed by atoms with Crippen molar-refractivity contribution < 1.29 is 19.1 Å². The van der Waals surface area contributed by atoms with Crippen LogP contribution in [0.4, 0.5) is 5.69 Å². The van der Waals surface area contributed by atoms with Gasteiger partial charge in [-0.1, -0.05) is 11.6 Å². The van der Waals surface area contributed by atoms with Crippen molar-refractivity contribution in [1.29, 1.82) is 0 Å². The molecule has 0 aliphatic carbocycles. The number of rotatable bonds is 3. The topological polar surface area (TPSA) is 76.7 Å². The first-order valence-corrected chi connectivity index (χ1v) is 6.50. The van der Waals surface area contributed by atoms with Crippen LogP contribution in [0.3, 0.4) is 0 Å². The number of esters is 1. The Kier molecular flexibility index (Phi) is 4.94. The van der Waals surface area contributed by atoms with E-state index in [0.717, 1.165) is 0 Å². The largest absolute Gasteiger partial charge is 0.465 e. The number of carbonyl (C=O) groups excluding carboxylic acids is 2. The van der Waals surface area contributed by atoms with Crippen molar-refractivity contribution in [2.75, 3.05) is 32.1 Å². The number of carbonyl (C=O) groups is 2. The molecule has 1 aliphatic rings. The quantitative estimate of drug-likeness (QED) is 0.816. The smallest absolute Gasteiger partial charge is 0.339 e. The minimum atomic E-state index is -0.590. The minimum absolute atomic E-state index is 0.244.